The van der Waals surface area contributed by atoms with Crippen molar-refractivity contribution in [1.82, 2.24) is 14.8 Å². The standard InChI is InChI=1S/C12H20ClN3S/c1-11-14-12(10-17-11)9-16-5-2-4-15(6-3-13)7-8-16/h10H,2-9H2,1H3. The summed E-state index contributed by atoms with van der Waals surface area (Å²) < 4.78 is 0. The third kappa shape index (κ3) is 4.21. The Kier molecular flexibility index (Phi) is 5.22. The van der Waals surface area contributed by atoms with Gasteiger partial charge in [0.25, 0.3) is 0 Å². The number of aromatic nitrogens is 1. The van der Waals surface area contributed by atoms with Gasteiger partial charge in [-0.1, -0.05) is 0 Å². The van der Waals surface area contributed by atoms with Gasteiger partial charge >= 0.3 is 0 Å². The zero-order valence-electron chi connectivity index (χ0n) is 10.4. The Balaban J connectivity index is 1.82. The molecular weight excluding hydrogens is 254 g/mol. The van der Waals surface area contributed by atoms with Crippen LogP contribution >= 0.6 is 22.9 Å². The first-order chi connectivity index (χ1) is 8.28. The first-order valence-corrected chi connectivity index (χ1v) is 7.61. The van der Waals surface area contributed by atoms with E-state index in [1.54, 1.807) is 11.3 Å². The SMILES string of the molecule is Cc1nc(CN2CCCN(CCCl)CC2)cs1. The third-order valence-corrected chi connectivity index (χ3v) is 4.13. The summed E-state index contributed by atoms with van der Waals surface area (Å²) in [6.45, 7) is 8.71. The van der Waals surface area contributed by atoms with Crippen molar-refractivity contribution in [3.63, 3.8) is 0 Å². The fourth-order valence-electron chi connectivity index (χ4n) is 2.24. The second-order valence-electron chi connectivity index (χ2n) is 4.52. The summed E-state index contributed by atoms with van der Waals surface area (Å²) >= 11 is 7.53. The zero-order valence-corrected chi connectivity index (χ0v) is 11.9. The molecule has 1 aromatic heterocycles. The van der Waals surface area contributed by atoms with Crippen LogP contribution < -0.4 is 0 Å². The number of thiazole rings is 1. The van der Waals surface area contributed by atoms with Gasteiger partial charge in [-0.25, -0.2) is 4.98 Å². The largest absolute Gasteiger partial charge is 0.301 e. The van der Waals surface area contributed by atoms with Crippen LogP contribution in [0, 0.1) is 6.92 Å². The van der Waals surface area contributed by atoms with E-state index in [-0.39, 0.29) is 0 Å². The van der Waals surface area contributed by atoms with Gasteiger partial charge in [-0.2, -0.15) is 0 Å². The van der Waals surface area contributed by atoms with E-state index in [0.717, 1.165) is 32.1 Å². The normalized spacial score (nSPS) is 19.4. The van der Waals surface area contributed by atoms with Crippen molar-refractivity contribution in [2.45, 2.75) is 19.9 Å². The van der Waals surface area contributed by atoms with Gasteiger partial charge in [-0.05, 0) is 26.4 Å². The second kappa shape index (κ2) is 6.69. The molecule has 1 saturated heterocycles. The fraction of sp³-hybridized carbons (Fsp3) is 0.750. The fourth-order valence-corrected chi connectivity index (χ4v) is 3.08. The predicted octanol–water partition coefficient (Wildman–Crippen LogP) is 2.20. The van der Waals surface area contributed by atoms with Gasteiger partial charge in [0.2, 0.25) is 0 Å². The number of aryl methyl sites for hydroxylation is 1. The van der Waals surface area contributed by atoms with Crippen LogP contribution in [0.15, 0.2) is 5.38 Å². The van der Waals surface area contributed by atoms with Crippen molar-refractivity contribution in [3.8, 4) is 0 Å². The summed E-state index contributed by atoms with van der Waals surface area (Å²) in [4.78, 5) is 9.49. The van der Waals surface area contributed by atoms with Crippen LogP contribution in [0.1, 0.15) is 17.1 Å². The molecule has 5 heteroatoms. The molecule has 0 saturated carbocycles. The van der Waals surface area contributed by atoms with E-state index >= 15 is 0 Å². The van der Waals surface area contributed by atoms with Crippen molar-refractivity contribution >= 4 is 22.9 Å². The number of hydrogen-bond acceptors (Lipinski definition) is 4. The lowest BCUT2D eigenvalue weighted by atomic mass is 10.3. The molecule has 0 aromatic carbocycles. The summed E-state index contributed by atoms with van der Waals surface area (Å²) in [5.74, 6) is 0.741. The van der Waals surface area contributed by atoms with Gasteiger partial charge in [0.05, 0.1) is 10.7 Å². The van der Waals surface area contributed by atoms with Crippen LogP contribution in [0.3, 0.4) is 0 Å². The van der Waals surface area contributed by atoms with Crippen molar-refractivity contribution in [3.05, 3.63) is 16.1 Å². The predicted molar refractivity (Wildman–Crippen MR) is 73.9 cm³/mol. The summed E-state index contributed by atoms with van der Waals surface area (Å²) in [5, 5.41) is 3.34. The minimum absolute atomic E-state index is 0.741. The van der Waals surface area contributed by atoms with Gasteiger partial charge < -0.3 is 4.90 Å². The lowest BCUT2D eigenvalue weighted by Gasteiger charge is -2.20. The minimum atomic E-state index is 0.741. The molecule has 96 valence electrons. The number of halogens is 1. The number of rotatable bonds is 4. The Labute approximate surface area is 112 Å². The van der Waals surface area contributed by atoms with Crippen LogP contribution in [0.25, 0.3) is 0 Å². The summed E-state index contributed by atoms with van der Waals surface area (Å²) in [7, 11) is 0. The molecule has 0 amide bonds. The molecule has 0 N–H and O–H groups in total. The number of alkyl halides is 1. The molecule has 0 spiro atoms. The van der Waals surface area contributed by atoms with Crippen LogP contribution in [0.5, 0.6) is 0 Å². The molecule has 1 aliphatic rings. The molecule has 1 fully saturated rings. The third-order valence-electron chi connectivity index (χ3n) is 3.13. The molecular formula is C12H20ClN3S. The van der Waals surface area contributed by atoms with Crippen molar-refractivity contribution < 1.29 is 0 Å². The quantitative estimate of drug-likeness (QED) is 0.784. The van der Waals surface area contributed by atoms with Gasteiger partial charge in [0.15, 0.2) is 0 Å². The van der Waals surface area contributed by atoms with E-state index in [2.05, 4.69) is 27.1 Å². The Morgan fingerprint density at radius 1 is 1.29 bits per heavy atom. The maximum Gasteiger partial charge on any atom is 0.0897 e. The highest BCUT2D eigenvalue weighted by Crippen LogP contribution is 2.12. The van der Waals surface area contributed by atoms with Gasteiger partial charge in [-0.3, -0.25) is 4.90 Å². The van der Waals surface area contributed by atoms with Gasteiger partial charge in [0.1, 0.15) is 0 Å². The number of nitrogens with zero attached hydrogens (tertiary/aromatic N) is 3. The van der Waals surface area contributed by atoms with Crippen molar-refractivity contribution in [2.24, 2.45) is 0 Å². The summed E-state index contributed by atoms with van der Waals surface area (Å²) in [6.07, 6.45) is 1.24. The highest BCUT2D eigenvalue weighted by molar-refractivity contribution is 7.09. The summed E-state index contributed by atoms with van der Waals surface area (Å²) in [5.41, 5.74) is 1.22. The van der Waals surface area contributed by atoms with Crippen LogP contribution in [0.4, 0.5) is 0 Å². The highest BCUT2D eigenvalue weighted by atomic mass is 35.5. The van der Waals surface area contributed by atoms with Crippen LogP contribution in [0.2, 0.25) is 0 Å². The molecule has 2 heterocycles. The van der Waals surface area contributed by atoms with E-state index in [1.807, 2.05) is 0 Å². The average Bonchev–Trinajstić information content (AvgIpc) is 2.58. The second-order valence-corrected chi connectivity index (χ2v) is 5.96. The Hall–Kier alpha value is -0.160. The monoisotopic (exact) mass is 273 g/mol. The van der Waals surface area contributed by atoms with E-state index < -0.39 is 0 Å². The molecule has 1 aromatic rings. The zero-order chi connectivity index (χ0) is 12.1. The lowest BCUT2D eigenvalue weighted by molar-refractivity contribution is 0.256. The summed E-state index contributed by atoms with van der Waals surface area (Å²) in [6, 6.07) is 0. The van der Waals surface area contributed by atoms with E-state index in [9.17, 15) is 0 Å². The van der Waals surface area contributed by atoms with Crippen molar-refractivity contribution in [1.29, 1.82) is 0 Å². The smallest absolute Gasteiger partial charge is 0.0897 e. The van der Waals surface area contributed by atoms with Gasteiger partial charge in [0, 0.05) is 37.4 Å². The Morgan fingerprint density at radius 2 is 2.06 bits per heavy atom. The van der Waals surface area contributed by atoms with E-state index in [4.69, 9.17) is 11.6 Å². The average molecular weight is 274 g/mol. The van der Waals surface area contributed by atoms with E-state index in [0.29, 0.717) is 0 Å². The Bertz CT molecular complexity index is 342. The number of hydrogen-bond donors (Lipinski definition) is 0. The van der Waals surface area contributed by atoms with Gasteiger partial charge in [-0.15, -0.1) is 22.9 Å². The molecule has 0 unspecified atom stereocenters. The van der Waals surface area contributed by atoms with E-state index in [1.165, 1.54) is 30.2 Å². The first kappa shape index (κ1) is 13.3. The maximum absolute atomic E-state index is 5.79. The molecule has 0 aliphatic carbocycles. The molecule has 2 rings (SSSR count). The Morgan fingerprint density at radius 3 is 2.76 bits per heavy atom. The minimum Gasteiger partial charge on any atom is -0.301 e. The maximum atomic E-state index is 5.79. The van der Waals surface area contributed by atoms with Crippen molar-refractivity contribution in [2.75, 3.05) is 38.6 Å². The highest BCUT2D eigenvalue weighted by Gasteiger charge is 2.15. The van der Waals surface area contributed by atoms with Crippen LogP contribution in [-0.2, 0) is 6.54 Å². The molecule has 0 bridgehead atoms. The topological polar surface area (TPSA) is 19.4 Å². The first-order valence-electron chi connectivity index (χ1n) is 6.19. The molecule has 0 atom stereocenters. The molecule has 3 nitrogen and oxygen atoms in total. The lowest BCUT2D eigenvalue weighted by Crippen LogP contribution is -2.31. The van der Waals surface area contributed by atoms with Crippen LogP contribution in [-0.4, -0.2) is 53.4 Å². The molecule has 17 heavy (non-hydrogen) atoms. The molecule has 1 aliphatic heterocycles. The molecule has 0 radical (unpaired) electrons.